The summed E-state index contributed by atoms with van der Waals surface area (Å²) in [6.45, 7) is 0. The highest BCUT2D eigenvalue weighted by molar-refractivity contribution is 6.00. The molecule has 4 aromatic rings. The quantitative estimate of drug-likeness (QED) is 0.312. The lowest BCUT2D eigenvalue weighted by Gasteiger charge is -2.13. The molecular formula is C32H26. The second-order valence-electron chi connectivity index (χ2n) is 8.81. The highest BCUT2D eigenvalue weighted by atomic mass is 14.3. The second-order valence-corrected chi connectivity index (χ2v) is 8.81. The van der Waals surface area contributed by atoms with E-state index in [4.69, 9.17) is 0 Å². The fourth-order valence-corrected chi connectivity index (χ4v) is 5.51. The summed E-state index contributed by atoms with van der Waals surface area (Å²) in [4.78, 5) is 0. The molecule has 0 radical (unpaired) electrons. The summed E-state index contributed by atoms with van der Waals surface area (Å²) >= 11 is 0. The van der Waals surface area contributed by atoms with Crippen molar-refractivity contribution in [3.63, 3.8) is 0 Å². The molecule has 0 spiro atoms. The van der Waals surface area contributed by atoms with E-state index in [0.29, 0.717) is 0 Å². The number of benzene rings is 4. The Morgan fingerprint density at radius 2 is 0.781 bits per heavy atom. The first kappa shape index (κ1) is 19.1. The van der Waals surface area contributed by atoms with Crippen molar-refractivity contribution in [2.24, 2.45) is 0 Å². The highest BCUT2D eigenvalue weighted by Crippen LogP contribution is 2.45. The first-order valence-electron chi connectivity index (χ1n) is 11.6. The van der Waals surface area contributed by atoms with Gasteiger partial charge in [0, 0.05) is 0 Å². The van der Waals surface area contributed by atoms with Gasteiger partial charge in [-0.25, -0.2) is 0 Å². The maximum atomic E-state index is 2.32. The zero-order chi connectivity index (χ0) is 21.3. The van der Waals surface area contributed by atoms with Crippen molar-refractivity contribution >= 4 is 22.3 Å². The van der Waals surface area contributed by atoms with E-state index >= 15 is 0 Å². The molecule has 0 saturated heterocycles. The minimum Gasteiger partial charge on any atom is -0.0622 e. The average Bonchev–Trinajstić information content (AvgIpc) is 3.42. The van der Waals surface area contributed by atoms with E-state index in [1.54, 1.807) is 0 Å². The SMILES string of the molecule is c1ccc(C2=C(CCC3=C(c4ccccc4)Cc4ccccc43)c3ccccc3C2)cc1. The van der Waals surface area contributed by atoms with Crippen LogP contribution < -0.4 is 0 Å². The lowest BCUT2D eigenvalue weighted by Crippen LogP contribution is -1.91. The monoisotopic (exact) mass is 410 g/mol. The Hall–Kier alpha value is -3.64. The topological polar surface area (TPSA) is 0 Å². The first-order chi connectivity index (χ1) is 15.9. The van der Waals surface area contributed by atoms with Crippen molar-refractivity contribution in [3.05, 3.63) is 143 Å². The standard InChI is InChI=1S/C32H26/c1-3-11-23(12-4-1)31-21-25-15-7-9-17-27(25)29(31)19-20-30-28-18-10-8-16-26(28)22-32(30)24-13-5-2-6-14-24/h1-18H,19-22H2. The van der Waals surface area contributed by atoms with Crippen molar-refractivity contribution in [2.45, 2.75) is 25.7 Å². The van der Waals surface area contributed by atoms with Crippen LogP contribution in [0.5, 0.6) is 0 Å². The minimum atomic E-state index is 1.04. The molecule has 6 rings (SSSR count). The van der Waals surface area contributed by atoms with E-state index in [2.05, 4.69) is 109 Å². The van der Waals surface area contributed by atoms with Crippen LogP contribution in [0.25, 0.3) is 22.3 Å². The van der Waals surface area contributed by atoms with Crippen LogP contribution in [0.3, 0.4) is 0 Å². The Bertz CT molecular complexity index is 1230. The first-order valence-corrected chi connectivity index (χ1v) is 11.6. The molecule has 0 heterocycles. The van der Waals surface area contributed by atoms with Crippen molar-refractivity contribution in [1.29, 1.82) is 0 Å². The summed E-state index contributed by atoms with van der Waals surface area (Å²) in [6, 6.07) is 39.9. The van der Waals surface area contributed by atoms with Crippen LogP contribution >= 0.6 is 0 Å². The fraction of sp³-hybridized carbons (Fsp3) is 0.125. The maximum absolute atomic E-state index is 2.32. The van der Waals surface area contributed by atoms with Gasteiger partial charge in [0.15, 0.2) is 0 Å². The zero-order valence-corrected chi connectivity index (χ0v) is 18.2. The molecule has 2 aliphatic carbocycles. The molecule has 0 heteroatoms. The Labute approximate surface area is 190 Å². The van der Waals surface area contributed by atoms with Crippen LogP contribution in [0, 0.1) is 0 Å². The lowest BCUT2D eigenvalue weighted by molar-refractivity contribution is 1.09. The van der Waals surface area contributed by atoms with Crippen LogP contribution in [-0.4, -0.2) is 0 Å². The number of rotatable bonds is 5. The Kier molecular flexibility index (Phi) is 4.85. The van der Waals surface area contributed by atoms with Crippen molar-refractivity contribution in [1.82, 2.24) is 0 Å². The Balaban J connectivity index is 1.42. The van der Waals surface area contributed by atoms with Gasteiger partial charge in [-0.2, -0.15) is 0 Å². The summed E-state index contributed by atoms with van der Waals surface area (Å²) in [6.07, 6.45) is 4.22. The van der Waals surface area contributed by atoms with Crippen LogP contribution in [0.1, 0.15) is 46.2 Å². The number of fused-ring (bicyclic) bond motifs is 2. The summed E-state index contributed by atoms with van der Waals surface area (Å²) in [5.74, 6) is 0. The van der Waals surface area contributed by atoms with E-state index in [0.717, 1.165) is 25.7 Å². The number of hydrogen-bond acceptors (Lipinski definition) is 0. The third-order valence-corrected chi connectivity index (χ3v) is 7.02. The van der Waals surface area contributed by atoms with Crippen molar-refractivity contribution < 1.29 is 0 Å². The summed E-state index contributed by atoms with van der Waals surface area (Å²) in [5, 5.41) is 0. The van der Waals surface area contributed by atoms with E-state index < -0.39 is 0 Å². The largest absolute Gasteiger partial charge is 0.0622 e. The molecule has 0 aliphatic heterocycles. The van der Waals surface area contributed by atoms with Gasteiger partial charge in [0.25, 0.3) is 0 Å². The summed E-state index contributed by atoms with van der Waals surface area (Å²) in [7, 11) is 0. The van der Waals surface area contributed by atoms with Crippen LogP contribution in [0.2, 0.25) is 0 Å². The molecule has 0 nitrogen and oxygen atoms in total. The molecule has 0 amide bonds. The lowest BCUT2D eigenvalue weighted by atomic mass is 9.91. The molecule has 0 fully saturated rings. The third-order valence-electron chi connectivity index (χ3n) is 7.02. The minimum absolute atomic E-state index is 1.04. The fourth-order valence-electron chi connectivity index (χ4n) is 5.51. The van der Waals surface area contributed by atoms with Gasteiger partial charge in [0.05, 0.1) is 0 Å². The van der Waals surface area contributed by atoms with Crippen molar-refractivity contribution in [2.75, 3.05) is 0 Å². The third kappa shape index (κ3) is 3.33. The molecule has 154 valence electrons. The van der Waals surface area contributed by atoms with Crippen LogP contribution in [0.4, 0.5) is 0 Å². The predicted molar refractivity (Wildman–Crippen MR) is 136 cm³/mol. The normalized spacial score (nSPS) is 14.6. The van der Waals surface area contributed by atoms with E-state index in [-0.39, 0.29) is 0 Å². The van der Waals surface area contributed by atoms with E-state index in [1.807, 2.05) is 0 Å². The van der Waals surface area contributed by atoms with Gasteiger partial charge in [-0.1, -0.05) is 109 Å². The molecule has 0 aromatic heterocycles. The molecule has 0 saturated carbocycles. The highest BCUT2D eigenvalue weighted by Gasteiger charge is 2.25. The maximum Gasteiger partial charge on any atom is -0.00108 e. The van der Waals surface area contributed by atoms with E-state index in [9.17, 15) is 0 Å². The van der Waals surface area contributed by atoms with Gasteiger partial charge in [0.1, 0.15) is 0 Å². The Morgan fingerprint density at radius 3 is 1.22 bits per heavy atom. The summed E-state index contributed by atoms with van der Waals surface area (Å²) in [5.41, 5.74) is 14.6. The zero-order valence-electron chi connectivity index (χ0n) is 18.2. The second kappa shape index (κ2) is 8.13. The van der Waals surface area contributed by atoms with E-state index in [1.165, 1.54) is 55.7 Å². The number of hydrogen-bond donors (Lipinski definition) is 0. The van der Waals surface area contributed by atoms with Gasteiger partial charge in [-0.05, 0) is 81.4 Å². The molecule has 4 aromatic carbocycles. The van der Waals surface area contributed by atoms with Gasteiger partial charge >= 0.3 is 0 Å². The van der Waals surface area contributed by atoms with Gasteiger partial charge in [-0.3, -0.25) is 0 Å². The molecule has 0 unspecified atom stereocenters. The summed E-state index contributed by atoms with van der Waals surface area (Å²) < 4.78 is 0. The molecule has 0 atom stereocenters. The smallest absolute Gasteiger partial charge is 0.00108 e. The predicted octanol–water partition coefficient (Wildman–Crippen LogP) is 8.10. The van der Waals surface area contributed by atoms with Gasteiger partial charge in [-0.15, -0.1) is 0 Å². The van der Waals surface area contributed by atoms with Crippen molar-refractivity contribution in [3.8, 4) is 0 Å². The molecule has 2 aliphatic rings. The molecule has 0 bridgehead atoms. The Morgan fingerprint density at radius 1 is 0.406 bits per heavy atom. The van der Waals surface area contributed by atoms with Gasteiger partial charge in [0.2, 0.25) is 0 Å². The molecular weight excluding hydrogens is 384 g/mol. The molecule has 0 N–H and O–H groups in total. The average molecular weight is 411 g/mol. The van der Waals surface area contributed by atoms with Crippen LogP contribution in [-0.2, 0) is 12.8 Å². The van der Waals surface area contributed by atoms with Crippen LogP contribution in [0.15, 0.2) is 109 Å². The van der Waals surface area contributed by atoms with Gasteiger partial charge < -0.3 is 0 Å². The molecule has 32 heavy (non-hydrogen) atoms. The number of allylic oxidation sites excluding steroid dienone is 4.